The molecule has 0 spiro atoms. The Morgan fingerprint density at radius 1 is 1.29 bits per heavy atom. The van der Waals surface area contributed by atoms with Gasteiger partial charge in [0.25, 0.3) is 0 Å². The van der Waals surface area contributed by atoms with E-state index in [2.05, 4.69) is 5.32 Å². The van der Waals surface area contributed by atoms with Gasteiger partial charge in [-0.15, -0.1) is 0 Å². The molecule has 1 amide bonds. The zero-order valence-corrected chi connectivity index (χ0v) is 12.5. The molecule has 2 aliphatic heterocycles. The van der Waals surface area contributed by atoms with Crippen LogP contribution in [0.25, 0.3) is 0 Å². The number of halogens is 1. The summed E-state index contributed by atoms with van der Waals surface area (Å²) in [6.07, 6.45) is 5.17. The second-order valence-electron chi connectivity index (χ2n) is 6.27. The van der Waals surface area contributed by atoms with Crippen molar-refractivity contribution in [3.8, 4) is 0 Å². The molecule has 2 fully saturated rings. The number of piperidine rings is 1. The summed E-state index contributed by atoms with van der Waals surface area (Å²) in [5.41, 5.74) is 0.405. The fourth-order valence-corrected chi connectivity index (χ4v) is 3.85. The second kappa shape index (κ2) is 6.14. The van der Waals surface area contributed by atoms with Crippen molar-refractivity contribution < 1.29 is 9.18 Å². The van der Waals surface area contributed by atoms with Crippen LogP contribution in [0.15, 0.2) is 24.3 Å². The Labute approximate surface area is 125 Å². The zero-order valence-electron chi connectivity index (χ0n) is 12.5. The highest BCUT2D eigenvalue weighted by molar-refractivity contribution is 5.93. The first-order valence-electron chi connectivity index (χ1n) is 7.98. The molecule has 2 unspecified atom stereocenters. The summed E-state index contributed by atoms with van der Waals surface area (Å²) >= 11 is 0. The molecule has 0 radical (unpaired) electrons. The summed E-state index contributed by atoms with van der Waals surface area (Å²) in [5.74, 6) is 0.170. The van der Waals surface area contributed by atoms with E-state index in [1.807, 2.05) is 6.92 Å². The smallest absolute Gasteiger partial charge is 0.227 e. The summed E-state index contributed by atoms with van der Waals surface area (Å²) < 4.78 is 13.9. The van der Waals surface area contributed by atoms with E-state index in [1.54, 1.807) is 23.1 Å². The molecule has 1 aromatic carbocycles. The van der Waals surface area contributed by atoms with Crippen LogP contribution >= 0.6 is 0 Å². The van der Waals surface area contributed by atoms with Crippen molar-refractivity contribution in [3.63, 3.8) is 0 Å². The lowest BCUT2D eigenvalue weighted by Gasteiger charge is -2.30. The third kappa shape index (κ3) is 3.10. The fraction of sp³-hybridized carbons (Fsp3) is 0.588. The zero-order chi connectivity index (χ0) is 14.8. The van der Waals surface area contributed by atoms with Gasteiger partial charge >= 0.3 is 0 Å². The van der Waals surface area contributed by atoms with Crippen LogP contribution in [0, 0.1) is 11.7 Å². The van der Waals surface area contributed by atoms with Gasteiger partial charge in [-0.3, -0.25) is 4.79 Å². The number of carbonyl (C=O) groups excluding carboxylic acids is 1. The Morgan fingerprint density at radius 3 is 2.57 bits per heavy atom. The highest BCUT2D eigenvalue weighted by atomic mass is 19.1. The predicted octanol–water partition coefficient (Wildman–Crippen LogP) is 3.10. The summed E-state index contributed by atoms with van der Waals surface area (Å²) in [5, 5.41) is 3.59. The number of hydrogen-bond acceptors (Lipinski definition) is 2. The molecule has 3 rings (SSSR count). The van der Waals surface area contributed by atoms with Crippen LogP contribution in [-0.4, -0.2) is 24.5 Å². The number of rotatable bonds is 4. The Morgan fingerprint density at radius 2 is 1.95 bits per heavy atom. The molecule has 1 N–H and O–H groups in total. The van der Waals surface area contributed by atoms with E-state index in [9.17, 15) is 9.18 Å². The molecule has 2 aliphatic rings. The summed E-state index contributed by atoms with van der Waals surface area (Å²) in [6, 6.07) is 7.70. The maximum absolute atomic E-state index is 13.9. The van der Waals surface area contributed by atoms with Gasteiger partial charge in [0.05, 0.1) is 5.69 Å². The molecule has 2 saturated heterocycles. The van der Waals surface area contributed by atoms with Crippen LogP contribution < -0.4 is 10.2 Å². The van der Waals surface area contributed by atoms with Crippen molar-refractivity contribution in [3.05, 3.63) is 30.1 Å². The molecule has 0 aromatic heterocycles. The quantitative estimate of drug-likeness (QED) is 0.924. The van der Waals surface area contributed by atoms with Gasteiger partial charge in [0.1, 0.15) is 5.82 Å². The van der Waals surface area contributed by atoms with Crippen molar-refractivity contribution in [2.24, 2.45) is 5.92 Å². The molecule has 2 heterocycles. The van der Waals surface area contributed by atoms with Crippen LogP contribution in [0.3, 0.4) is 0 Å². The van der Waals surface area contributed by atoms with Gasteiger partial charge in [0.15, 0.2) is 0 Å². The molecule has 4 heteroatoms. The molecule has 2 bridgehead atoms. The number of hydrogen-bond donors (Lipinski definition) is 1. The average Bonchev–Trinajstić information content (AvgIpc) is 2.81. The highest BCUT2D eigenvalue weighted by Gasteiger charge is 2.35. The second-order valence-corrected chi connectivity index (χ2v) is 6.27. The molecule has 1 aromatic rings. The fourth-order valence-electron chi connectivity index (χ4n) is 3.85. The van der Waals surface area contributed by atoms with Crippen molar-refractivity contribution in [1.29, 1.82) is 0 Å². The minimum absolute atomic E-state index is 0.0499. The SMILES string of the molecule is CCN(C(=O)CC1CC2CCC(C1)N2)c1ccccc1F. The number of anilines is 1. The Balaban J connectivity index is 1.67. The van der Waals surface area contributed by atoms with E-state index in [0.29, 0.717) is 36.7 Å². The van der Waals surface area contributed by atoms with E-state index in [-0.39, 0.29) is 11.7 Å². The lowest BCUT2D eigenvalue weighted by Crippen LogP contribution is -2.40. The topological polar surface area (TPSA) is 32.3 Å². The van der Waals surface area contributed by atoms with Gasteiger partial charge in [-0.05, 0) is 50.7 Å². The molecule has 114 valence electrons. The minimum Gasteiger partial charge on any atom is -0.311 e. The lowest BCUT2D eigenvalue weighted by atomic mass is 9.89. The Hall–Kier alpha value is -1.42. The summed E-state index contributed by atoms with van der Waals surface area (Å²) in [7, 11) is 0. The molecule has 0 aliphatic carbocycles. The van der Waals surface area contributed by atoms with E-state index in [1.165, 1.54) is 18.9 Å². The molecular weight excluding hydrogens is 267 g/mol. The average molecular weight is 290 g/mol. The predicted molar refractivity (Wildman–Crippen MR) is 81.7 cm³/mol. The van der Waals surface area contributed by atoms with Gasteiger partial charge in [0.2, 0.25) is 5.91 Å². The van der Waals surface area contributed by atoms with Crippen molar-refractivity contribution in [2.45, 2.75) is 51.1 Å². The van der Waals surface area contributed by atoms with Crippen LogP contribution in [0.5, 0.6) is 0 Å². The lowest BCUT2D eigenvalue weighted by molar-refractivity contribution is -0.119. The number of amides is 1. The van der Waals surface area contributed by atoms with E-state index >= 15 is 0 Å². The molecule has 2 atom stereocenters. The first kappa shape index (κ1) is 14.5. The first-order chi connectivity index (χ1) is 10.2. The van der Waals surface area contributed by atoms with Gasteiger partial charge in [-0.25, -0.2) is 4.39 Å². The van der Waals surface area contributed by atoms with Gasteiger partial charge in [0, 0.05) is 25.0 Å². The third-order valence-electron chi connectivity index (χ3n) is 4.79. The standard InChI is InChI=1S/C17H23FN2O/c1-2-20(16-6-4-3-5-15(16)18)17(21)11-12-9-13-7-8-14(10-12)19-13/h3-6,12-14,19H,2,7-11H2,1H3. The monoisotopic (exact) mass is 290 g/mol. The Bertz CT molecular complexity index is 507. The van der Waals surface area contributed by atoms with Crippen LogP contribution in [0.4, 0.5) is 10.1 Å². The van der Waals surface area contributed by atoms with Crippen molar-refractivity contribution in [2.75, 3.05) is 11.4 Å². The molecule has 0 saturated carbocycles. The number of nitrogens with one attached hydrogen (secondary N) is 1. The molecular formula is C17H23FN2O. The first-order valence-corrected chi connectivity index (χ1v) is 7.98. The number of nitrogens with zero attached hydrogens (tertiary/aromatic N) is 1. The van der Waals surface area contributed by atoms with E-state index < -0.39 is 0 Å². The maximum atomic E-state index is 13.9. The van der Waals surface area contributed by atoms with E-state index in [0.717, 1.165) is 12.8 Å². The van der Waals surface area contributed by atoms with E-state index in [4.69, 9.17) is 0 Å². The summed E-state index contributed by atoms with van der Waals surface area (Å²) in [4.78, 5) is 14.2. The third-order valence-corrected chi connectivity index (χ3v) is 4.79. The van der Waals surface area contributed by atoms with Gasteiger partial charge in [-0.1, -0.05) is 12.1 Å². The molecule has 3 nitrogen and oxygen atoms in total. The van der Waals surface area contributed by atoms with Gasteiger partial charge in [-0.2, -0.15) is 0 Å². The van der Waals surface area contributed by atoms with Crippen LogP contribution in [-0.2, 0) is 4.79 Å². The number of carbonyl (C=O) groups is 1. The molecule has 21 heavy (non-hydrogen) atoms. The van der Waals surface area contributed by atoms with Crippen molar-refractivity contribution in [1.82, 2.24) is 5.32 Å². The Kier molecular flexibility index (Phi) is 4.24. The van der Waals surface area contributed by atoms with Crippen LogP contribution in [0.2, 0.25) is 0 Å². The number of para-hydroxylation sites is 1. The maximum Gasteiger partial charge on any atom is 0.227 e. The highest BCUT2D eigenvalue weighted by Crippen LogP contribution is 2.33. The number of benzene rings is 1. The van der Waals surface area contributed by atoms with Crippen molar-refractivity contribution >= 4 is 11.6 Å². The summed E-state index contributed by atoms with van der Waals surface area (Å²) in [6.45, 7) is 2.41. The minimum atomic E-state index is -0.321. The largest absolute Gasteiger partial charge is 0.311 e. The van der Waals surface area contributed by atoms with Crippen LogP contribution in [0.1, 0.15) is 39.0 Å². The van der Waals surface area contributed by atoms with Gasteiger partial charge < -0.3 is 10.2 Å². The number of fused-ring (bicyclic) bond motifs is 2. The normalized spacial score (nSPS) is 27.6.